The molecule has 0 aromatic heterocycles. The van der Waals surface area contributed by atoms with Crippen LogP contribution in [0.4, 0.5) is 5.69 Å². The topological polar surface area (TPSA) is 32.3 Å². The molecule has 5 rings (SSSR count). The van der Waals surface area contributed by atoms with Crippen molar-refractivity contribution in [2.24, 2.45) is 0 Å². The third kappa shape index (κ3) is 3.43. The van der Waals surface area contributed by atoms with Crippen molar-refractivity contribution in [1.29, 1.82) is 0 Å². The molecule has 3 aromatic rings. The fraction of sp³-hybridized carbons (Fsp3) is 0.320. The maximum absolute atomic E-state index is 12.8. The molecule has 3 aromatic carbocycles. The Balaban J connectivity index is 1.31. The van der Waals surface area contributed by atoms with Gasteiger partial charge in [-0.25, -0.2) is 0 Å². The van der Waals surface area contributed by atoms with Crippen molar-refractivity contribution in [2.45, 2.75) is 38.1 Å². The van der Waals surface area contributed by atoms with Gasteiger partial charge in [0.25, 0.3) is 5.91 Å². The predicted octanol–water partition coefficient (Wildman–Crippen LogP) is 5.05. The summed E-state index contributed by atoms with van der Waals surface area (Å²) in [6, 6.07) is 21.2. The molecule has 1 saturated carbocycles. The van der Waals surface area contributed by atoms with Crippen LogP contribution < -0.4 is 5.32 Å². The number of rotatable bonds is 3. The quantitative estimate of drug-likeness (QED) is 0.700. The highest BCUT2D eigenvalue weighted by atomic mass is 16.1. The summed E-state index contributed by atoms with van der Waals surface area (Å²) < 4.78 is 0. The van der Waals surface area contributed by atoms with Gasteiger partial charge in [0.1, 0.15) is 0 Å². The molecule has 0 unspecified atom stereocenters. The minimum atomic E-state index is -0.0459. The molecule has 0 spiro atoms. The van der Waals surface area contributed by atoms with E-state index in [4.69, 9.17) is 0 Å². The Morgan fingerprint density at radius 2 is 1.64 bits per heavy atom. The second kappa shape index (κ2) is 7.40. The second-order valence-corrected chi connectivity index (χ2v) is 8.12. The molecule has 0 saturated heterocycles. The number of amides is 1. The number of hydrogen-bond donors (Lipinski definition) is 1. The first-order chi connectivity index (χ1) is 13.8. The Bertz CT molecular complexity index is 1020. The van der Waals surface area contributed by atoms with Crippen molar-refractivity contribution in [2.75, 3.05) is 18.4 Å². The third-order valence-corrected chi connectivity index (χ3v) is 6.40. The number of carbonyl (C=O) groups excluding carboxylic acids is 1. The van der Waals surface area contributed by atoms with Crippen LogP contribution >= 0.6 is 0 Å². The lowest BCUT2D eigenvalue weighted by Gasteiger charge is -2.36. The minimum Gasteiger partial charge on any atom is -0.322 e. The summed E-state index contributed by atoms with van der Waals surface area (Å²) >= 11 is 0. The lowest BCUT2D eigenvalue weighted by atomic mass is 9.91. The average molecular weight is 370 g/mol. The minimum absolute atomic E-state index is 0.0459. The first kappa shape index (κ1) is 17.4. The van der Waals surface area contributed by atoms with Gasteiger partial charge in [-0.2, -0.15) is 0 Å². The van der Waals surface area contributed by atoms with Crippen LogP contribution in [0.1, 0.15) is 40.7 Å². The molecule has 1 heterocycles. The monoisotopic (exact) mass is 370 g/mol. The highest BCUT2D eigenvalue weighted by Crippen LogP contribution is 2.28. The molecule has 142 valence electrons. The summed E-state index contributed by atoms with van der Waals surface area (Å²) in [7, 11) is 0. The van der Waals surface area contributed by atoms with E-state index in [0.29, 0.717) is 5.56 Å². The van der Waals surface area contributed by atoms with Gasteiger partial charge in [0.15, 0.2) is 0 Å². The van der Waals surface area contributed by atoms with E-state index < -0.39 is 0 Å². The summed E-state index contributed by atoms with van der Waals surface area (Å²) in [4.78, 5) is 15.4. The van der Waals surface area contributed by atoms with Gasteiger partial charge in [-0.1, -0.05) is 42.8 Å². The molecule has 3 nitrogen and oxygen atoms in total. The van der Waals surface area contributed by atoms with E-state index >= 15 is 0 Å². The van der Waals surface area contributed by atoms with Crippen molar-refractivity contribution in [3.8, 4) is 0 Å². The number of nitrogens with zero attached hydrogens (tertiary/aromatic N) is 1. The zero-order chi connectivity index (χ0) is 18.9. The van der Waals surface area contributed by atoms with Gasteiger partial charge in [-0.3, -0.25) is 9.69 Å². The Hall–Kier alpha value is -2.65. The number of fused-ring (bicyclic) bond motifs is 2. The van der Waals surface area contributed by atoms with Crippen molar-refractivity contribution >= 4 is 22.4 Å². The summed E-state index contributed by atoms with van der Waals surface area (Å²) in [5, 5.41) is 5.34. The Morgan fingerprint density at radius 1 is 0.857 bits per heavy atom. The van der Waals surface area contributed by atoms with Gasteiger partial charge in [0.2, 0.25) is 0 Å². The van der Waals surface area contributed by atoms with Crippen molar-refractivity contribution in [1.82, 2.24) is 4.90 Å². The Kier molecular flexibility index (Phi) is 4.61. The molecule has 0 bridgehead atoms. The van der Waals surface area contributed by atoms with E-state index in [1.54, 1.807) is 0 Å². The molecular weight excluding hydrogens is 344 g/mol. The lowest BCUT2D eigenvalue weighted by Crippen LogP contribution is -2.41. The van der Waals surface area contributed by atoms with Gasteiger partial charge < -0.3 is 5.32 Å². The van der Waals surface area contributed by atoms with Crippen molar-refractivity contribution < 1.29 is 4.79 Å². The predicted molar refractivity (Wildman–Crippen MR) is 115 cm³/mol. The first-order valence-corrected chi connectivity index (χ1v) is 10.4. The molecular formula is C25H26N2O. The second-order valence-electron chi connectivity index (χ2n) is 8.12. The number of benzene rings is 3. The Morgan fingerprint density at radius 3 is 2.43 bits per heavy atom. The number of nitrogens with one attached hydrogen (secondary N) is 1. The van der Waals surface area contributed by atoms with Crippen LogP contribution in [-0.4, -0.2) is 29.9 Å². The molecule has 0 radical (unpaired) electrons. The van der Waals surface area contributed by atoms with Crippen molar-refractivity contribution in [3.63, 3.8) is 0 Å². The van der Waals surface area contributed by atoms with Gasteiger partial charge in [0, 0.05) is 30.4 Å². The van der Waals surface area contributed by atoms with Gasteiger partial charge >= 0.3 is 0 Å². The molecule has 1 amide bonds. The molecule has 2 aliphatic rings. The summed E-state index contributed by atoms with van der Waals surface area (Å²) in [6.07, 6.45) is 6.31. The average Bonchev–Trinajstić information content (AvgIpc) is 2.89. The molecule has 1 fully saturated rings. The summed E-state index contributed by atoms with van der Waals surface area (Å²) in [5.74, 6) is -0.0459. The molecule has 28 heavy (non-hydrogen) atoms. The number of hydrogen-bond acceptors (Lipinski definition) is 2. The first-order valence-electron chi connectivity index (χ1n) is 10.4. The third-order valence-electron chi connectivity index (χ3n) is 6.40. The SMILES string of the molecule is O=C(Nc1ccc2c(c1)CCN(C1CCC1)CC2)c1ccc2ccccc2c1. The van der Waals surface area contributed by atoms with Crippen LogP contribution in [-0.2, 0) is 12.8 Å². The van der Waals surface area contributed by atoms with E-state index in [2.05, 4.69) is 34.5 Å². The van der Waals surface area contributed by atoms with Crippen LogP contribution in [0.5, 0.6) is 0 Å². The molecule has 1 aliphatic heterocycles. The number of anilines is 1. The smallest absolute Gasteiger partial charge is 0.255 e. The normalized spacial score (nSPS) is 17.6. The molecule has 3 heteroatoms. The van der Waals surface area contributed by atoms with Gasteiger partial charge in [0.05, 0.1) is 0 Å². The van der Waals surface area contributed by atoms with E-state index in [1.807, 2.05) is 36.4 Å². The van der Waals surface area contributed by atoms with E-state index in [1.165, 1.54) is 36.9 Å². The van der Waals surface area contributed by atoms with Gasteiger partial charge in [-0.15, -0.1) is 0 Å². The fourth-order valence-corrected chi connectivity index (χ4v) is 4.47. The van der Waals surface area contributed by atoms with Crippen LogP contribution in [0.15, 0.2) is 60.7 Å². The van der Waals surface area contributed by atoms with Crippen LogP contribution in [0, 0.1) is 0 Å². The highest BCUT2D eigenvalue weighted by Gasteiger charge is 2.26. The van der Waals surface area contributed by atoms with Gasteiger partial charge in [-0.05, 0) is 71.8 Å². The van der Waals surface area contributed by atoms with Crippen molar-refractivity contribution in [3.05, 3.63) is 77.4 Å². The fourth-order valence-electron chi connectivity index (χ4n) is 4.47. The van der Waals surface area contributed by atoms with Crippen LogP contribution in [0.25, 0.3) is 10.8 Å². The maximum Gasteiger partial charge on any atom is 0.255 e. The lowest BCUT2D eigenvalue weighted by molar-refractivity contribution is 0.102. The zero-order valence-corrected chi connectivity index (χ0v) is 16.2. The summed E-state index contributed by atoms with van der Waals surface area (Å²) in [6.45, 7) is 2.31. The standard InChI is InChI=1S/C25H26N2O/c28-25(22-9-8-18-4-1-2-5-20(18)16-22)26-23-11-10-19-12-14-27(24-6-3-7-24)15-13-21(19)17-23/h1-2,4-5,8-11,16-17,24H,3,6-7,12-15H2,(H,26,28). The van der Waals surface area contributed by atoms with E-state index in [9.17, 15) is 4.79 Å². The maximum atomic E-state index is 12.8. The van der Waals surface area contributed by atoms with Crippen LogP contribution in [0.2, 0.25) is 0 Å². The molecule has 1 N–H and O–H groups in total. The number of carbonyl (C=O) groups is 1. The van der Waals surface area contributed by atoms with Crippen LogP contribution in [0.3, 0.4) is 0 Å². The Labute approximate surface area is 166 Å². The van der Waals surface area contributed by atoms with E-state index in [-0.39, 0.29) is 5.91 Å². The zero-order valence-electron chi connectivity index (χ0n) is 16.2. The summed E-state index contributed by atoms with van der Waals surface area (Å²) in [5.41, 5.74) is 4.42. The van der Waals surface area contributed by atoms with E-state index in [0.717, 1.165) is 41.9 Å². The molecule has 0 atom stereocenters. The molecule has 1 aliphatic carbocycles. The highest BCUT2D eigenvalue weighted by molar-refractivity contribution is 6.06. The largest absolute Gasteiger partial charge is 0.322 e.